The summed E-state index contributed by atoms with van der Waals surface area (Å²) < 4.78 is 0. The van der Waals surface area contributed by atoms with E-state index in [1.807, 2.05) is 11.8 Å². The van der Waals surface area contributed by atoms with Gasteiger partial charge in [0, 0.05) is 11.8 Å². The van der Waals surface area contributed by atoms with Crippen LogP contribution in [0.2, 0.25) is 0 Å². The minimum absolute atomic E-state index is 0.499. The molecule has 1 heterocycles. The van der Waals surface area contributed by atoms with Crippen molar-refractivity contribution in [2.45, 2.75) is 18.9 Å². The maximum Gasteiger partial charge on any atom is 0.0130 e. The second-order valence-corrected chi connectivity index (χ2v) is 3.13. The lowest BCUT2D eigenvalue weighted by atomic mass is 10.2. The van der Waals surface area contributed by atoms with Crippen LogP contribution in [0.15, 0.2) is 0 Å². The standard InChI is InChI=1S/C5H11NS/c6-5-2-1-3-7-4-5/h5H,1-4,6H2. The minimum atomic E-state index is 0.499. The molecule has 0 aromatic rings. The van der Waals surface area contributed by atoms with E-state index in [4.69, 9.17) is 5.73 Å². The molecule has 0 radical (unpaired) electrons. The summed E-state index contributed by atoms with van der Waals surface area (Å²) in [5.74, 6) is 2.51. The fourth-order valence-corrected chi connectivity index (χ4v) is 1.77. The molecule has 2 heteroatoms. The van der Waals surface area contributed by atoms with Crippen LogP contribution in [0.3, 0.4) is 0 Å². The van der Waals surface area contributed by atoms with Gasteiger partial charge in [-0.15, -0.1) is 0 Å². The number of nitrogens with two attached hydrogens (primary N) is 1. The first-order valence-corrected chi connectivity index (χ1v) is 3.88. The van der Waals surface area contributed by atoms with Gasteiger partial charge in [-0.1, -0.05) is 0 Å². The second-order valence-electron chi connectivity index (χ2n) is 1.98. The molecule has 0 bridgehead atoms. The Labute approximate surface area is 48.7 Å². The van der Waals surface area contributed by atoms with Crippen LogP contribution in [0.4, 0.5) is 0 Å². The fraction of sp³-hybridized carbons (Fsp3) is 1.00. The lowest BCUT2D eigenvalue weighted by Gasteiger charge is -2.15. The van der Waals surface area contributed by atoms with E-state index < -0.39 is 0 Å². The van der Waals surface area contributed by atoms with Crippen LogP contribution in [0.1, 0.15) is 12.8 Å². The van der Waals surface area contributed by atoms with E-state index in [1.54, 1.807) is 0 Å². The maximum absolute atomic E-state index is 5.61. The Morgan fingerprint density at radius 1 is 1.57 bits per heavy atom. The van der Waals surface area contributed by atoms with Crippen LogP contribution in [-0.2, 0) is 0 Å². The van der Waals surface area contributed by atoms with E-state index in [9.17, 15) is 0 Å². The summed E-state index contributed by atoms with van der Waals surface area (Å²) in [5, 5.41) is 0. The number of hydrogen-bond donors (Lipinski definition) is 1. The van der Waals surface area contributed by atoms with Gasteiger partial charge in [-0.25, -0.2) is 0 Å². The van der Waals surface area contributed by atoms with Crippen LogP contribution in [0.5, 0.6) is 0 Å². The third kappa shape index (κ3) is 1.70. The summed E-state index contributed by atoms with van der Waals surface area (Å²) in [5.41, 5.74) is 5.61. The third-order valence-corrected chi connectivity index (χ3v) is 2.44. The Balaban J connectivity index is 2.12. The molecule has 0 saturated carbocycles. The van der Waals surface area contributed by atoms with Gasteiger partial charge in [-0.3, -0.25) is 0 Å². The summed E-state index contributed by atoms with van der Waals surface area (Å²) in [7, 11) is 0. The predicted octanol–water partition coefficient (Wildman–Crippen LogP) is 0.841. The molecule has 1 aliphatic rings. The fourth-order valence-electron chi connectivity index (χ4n) is 0.766. The summed E-state index contributed by atoms with van der Waals surface area (Å²) in [4.78, 5) is 0. The van der Waals surface area contributed by atoms with E-state index in [0.717, 1.165) is 0 Å². The molecule has 1 saturated heterocycles. The van der Waals surface area contributed by atoms with Gasteiger partial charge < -0.3 is 5.73 Å². The molecule has 42 valence electrons. The van der Waals surface area contributed by atoms with Crippen molar-refractivity contribution in [2.24, 2.45) is 5.73 Å². The molecule has 7 heavy (non-hydrogen) atoms. The lowest BCUT2D eigenvalue weighted by molar-refractivity contribution is 0.648. The van der Waals surface area contributed by atoms with Gasteiger partial charge in [0.2, 0.25) is 0 Å². The molecule has 1 atom stereocenters. The molecule has 2 N–H and O–H groups in total. The summed E-state index contributed by atoms with van der Waals surface area (Å²) in [6.07, 6.45) is 2.57. The third-order valence-electron chi connectivity index (χ3n) is 1.20. The van der Waals surface area contributed by atoms with Crippen LogP contribution < -0.4 is 5.73 Å². The van der Waals surface area contributed by atoms with Gasteiger partial charge in [0.05, 0.1) is 0 Å². The van der Waals surface area contributed by atoms with Crippen molar-refractivity contribution in [1.29, 1.82) is 0 Å². The molecule has 0 amide bonds. The Morgan fingerprint density at radius 3 is 2.71 bits per heavy atom. The molecule has 1 unspecified atom stereocenters. The van der Waals surface area contributed by atoms with Gasteiger partial charge in [0.15, 0.2) is 0 Å². The minimum Gasteiger partial charge on any atom is -0.327 e. The Hall–Kier alpha value is 0.310. The monoisotopic (exact) mass is 117 g/mol. The van der Waals surface area contributed by atoms with Crippen LogP contribution in [0.25, 0.3) is 0 Å². The first-order chi connectivity index (χ1) is 3.39. The lowest BCUT2D eigenvalue weighted by Crippen LogP contribution is -2.25. The van der Waals surface area contributed by atoms with E-state index in [0.29, 0.717) is 6.04 Å². The number of thioether (sulfide) groups is 1. The van der Waals surface area contributed by atoms with Crippen molar-refractivity contribution in [2.75, 3.05) is 11.5 Å². The van der Waals surface area contributed by atoms with Crippen molar-refractivity contribution in [3.63, 3.8) is 0 Å². The van der Waals surface area contributed by atoms with E-state index in [2.05, 4.69) is 0 Å². The molecule has 0 aliphatic carbocycles. The van der Waals surface area contributed by atoms with Crippen LogP contribution in [0, 0.1) is 0 Å². The van der Waals surface area contributed by atoms with Crippen molar-refractivity contribution in [3.8, 4) is 0 Å². The topological polar surface area (TPSA) is 26.0 Å². The van der Waals surface area contributed by atoms with Crippen molar-refractivity contribution < 1.29 is 0 Å². The van der Waals surface area contributed by atoms with Crippen molar-refractivity contribution in [1.82, 2.24) is 0 Å². The highest BCUT2D eigenvalue weighted by molar-refractivity contribution is 7.99. The van der Waals surface area contributed by atoms with Gasteiger partial charge in [0.25, 0.3) is 0 Å². The highest BCUT2D eigenvalue weighted by Crippen LogP contribution is 2.14. The Morgan fingerprint density at radius 2 is 2.43 bits per heavy atom. The SMILES string of the molecule is NC1CCCSC1. The molecule has 0 aromatic heterocycles. The van der Waals surface area contributed by atoms with Crippen molar-refractivity contribution in [3.05, 3.63) is 0 Å². The smallest absolute Gasteiger partial charge is 0.0130 e. The first kappa shape index (κ1) is 5.45. The molecule has 1 fully saturated rings. The number of rotatable bonds is 0. The molecule has 1 rings (SSSR count). The van der Waals surface area contributed by atoms with Gasteiger partial charge in [0.1, 0.15) is 0 Å². The zero-order chi connectivity index (χ0) is 5.11. The molecular formula is C5H11NS. The van der Waals surface area contributed by atoms with E-state index in [1.165, 1.54) is 24.3 Å². The Kier molecular flexibility index (Phi) is 2.00. The van der Waals surface area contributed by atoms with Gasteiger partial charge in [-0.2, -0.15) is 11.8 Å². The average Bonchev–Trinajstić information content (AvgIpc) is 1.69. The highest BCUT2D eigenvalue weighted by Gasteiger charge is 2.06. The summed E-state index contributed by atoms with van der Waals surface area (Å²) in [6.45, 7) is 0. The Bertz CT molecular complexity index is 50.0. The number of hydrogen-bond acceptors (Lipinski definition) is 2. The largest absolute Gasteiger partial charge is 0.327 e. The molecule has 1 aliphatic heterocycles. The highest BCUT2D eigenvalue weighted by atomic mass is 32.2. The zero-order valence-corrected chi connectivity index (χ0v) is 5.21. The molecule has 1 nitrogen and oxygen atoms in total. The van der Waals surface area contributed by atoms with E-state index in [-0.39, 0.29) is 0 Å². The van der Waals surface area contributed by atoms with Crippen LogP contribution >= 0.6 is 11.8 Å². The summed E-state index contributed by atoms with van der Waals surface area (Å²) >= 11 is 1.98. The molecular weight excluding hydrogens is 106 g/mol. The summed E-state index contributed by atoms with van der Waals surface area (Å²) in [6, 6.07) is 0.499. The molecule has 0 aromatic carbocycles. The second kappa shape index (κ2) is 2.58. The van der Waals surface area contributed by atoms with E-state index >= 15 is 0 Å². The van der Waals surface area contributed by atoms with Crippen molar-refractivity contribution >= 4 is 11.8 Å². The normalized spacial score (nSPS) is 33.0. The van der Waals surface area contributed by atoms with Crippen LogP contribution in [-0.4, -0.2) is 17.5 Å². The van der Waals surface area contributed by atoms with Gasteiger partial charge in [-0.05, 0) is 18.6 Å². The zero-order valence-electron chi connectivity index (χ0n) is 4.39. The molecule has 0 spiro atoms. The predicted molar refractivity (Wildman–Crippen MR) is 34.5 cm³/mol. The van der Waals surface area contributed by atoms with Gasteiger partial charge >= 0.3 is 0 Å². The maximum atomic E-state index is 5.61. The average molecular weight is 117 g/mol. The first-order valence-electron chi connectivity index (χ1n) is 2.73. The quantitative estimate of drug-likeness (QED) is 0.509.